The second kappa shape index (κ2) is 7.21. The highest BCUT2D eigenvalue weighted by Gasteiger charge is 2.16. The topological polar surface area (TPSA) is 56.1 Å². The number of hydrogen-bond donors (Lipinski definition) is 1. The number of nitrogens with one attached hydrogen (secondary N) is 1. The number of nitrogens with zero attached hydrogens (tertiary/aromatic N) is 2. The summed E-state index contributed by atoms with van der Waals surface area (Å²) in [5.74, 6) is -2.65. The Morgan fingerprint density at radius 2 is 2.09 bits per heavy atom. The van der Waals surface area contributed by atoms with Crippen LogP contribution < -0.4 is 10.1 Å². The molecule has 0 aliphatic carbocycles. The van der Waals surface area contributed by atoms with E-state index in [9.17, 15) is 13.6 Å². The van der Waals surface area contributed by atoms with E-state index in [1.54, 1.807) is 13.1 Å². The summed E-state index contributed by atoms with van der Waals surface area (Å²) in [4.78, 5) is 12.2. The normalized spacial score (nSPS) is 10.7. The molecule has 1 N–H and O–H groups in total. The van der Waals surface area contributed by atoms with E-state index < -0.39 is 17.5 Å². The number of halogens is 2. The maximum atomic E-state index is 13.9. The fraction of sp³-hybridized carbons (Fsp3) is 0.375. The Hall–Kier alpha value is -2.44. The second-order valence-corrected chi connectivity index (χ2v) is 5.13. The van der Waals surface area contributed by atoms with Gasteiger partial charge in [0.15, 0.2) is 11.6 Å². The molecular weight excluding hydrogens is 304 g/mol. The van der Waals surface area contributed by atoms with E-state index in [2.05, 4.69) is 10.4 Å². The van der Waals surface area contributed by atoms with Crippen molar-refractivity contribution in [3.8, 4) is 5.75 Å². The lowest BCUT2D eigenvalue weighted by Gasteiger charge is -2.09. The number of rotatable bonds is 6. The van der Waals surface area contributed by atoms with Gasteiger partial charge in [-0.15, -0.1) is 0 Å². The molecule has 5 nitrogen and oxygen atoms in total. The molecule has 23 heavy (non-hydrogen) atoms. The van der Waals surface area contributed by atoms with Crippen LogP contribution in [0.1, 0.15) is 35.1 Å². The first-order valence-electron chi connectivity index (χ1n) is 7.29. The molecule has 0 radical (unpaired) electrons. The maximum absolute atomic E-state index is 13.9. The quantitative estimate of drug-likeness (QED) is 0.889. The molecule has 0 spiro atoms. The molecule has 2 aromatic rings. The van der Waals surface area contributed by atoms with Crippen LogP contribution in [0.2, 0.25) is 0 Å². The average Bonchev–Trinajstić information content (AvgIpc) is 2.89. The van der Waals surface area contributed by atoms with Crippen LogP contribution >= 0.6 is 0 Å². The van der Waals surface area contributed by atoms with E-state index in [1.165, 1.54) is 23.9 Å². The number of carbonyl (C=O) groups is 1. The Labute approximate surface area is 133 Å². The molecule has 1 heterocycles. The Balaban J connectivity index is 2.09. The van der Waals surface area contributed by atoms with Crippen molar-refractivity contribution in [1.82, 2.24) is 15.1 Å². The third kappa shape index (κ3) is 3.67. The highest BCUT2D eigenvalue weighted by molar-refractivity contribution is 5.92. The first-order valence-corrected chi connectivity index (χ1v) is 7.29. The van der Waals surface area contributed by atoms with Crippen LogP contribution in [-0.4, -0.2) is 22.8 Å². The first-order chi connectivity index (χ1) is 11.0. The predicted molar refractivity (Wildman–Crippen MR) is 81.3 cm³/mol. The summed E-state index contributed by atoms with van der Waals surface area (Å²) in [5, 5.41) is 6.81. The predicted octanol–water partition coefficient (Wildman–Crippen LogP) is 2.59. The van der Waals surface area contributed by atoms with Gasteiger partial charge in [0.1, 0.15) is 5.69 Å². The van der Waals surface area contributed by atoms with E-state index in [0.717, 1.165) is 18.5 Å². The Kier molecular flexibility index (Phi) is 5.31. The van der Waals surface area contributed by atoms with Crippen LogP contribution in [0.4, 0.5) is 8.78 Å². The fourth-order valence-electron chi connectivity index (χ4n) is 2.25. The van der Waals surface area contributed by atoms with Gasteiger partial charge in [0.25, 0.3) is 5.91 Å². The van der Waals surface area contributed by atoms with Crippen LogP contribution in [-0.2, 0) is 20.0 Å². The lowest BCUT2D eigenvalue weighted by atomic mass is 10.2. The number of benzene rings is 1. The summed E-state index contributed by atoms with van der Waals surface area (Å²) in [6, 6.07) is 4.40. The fourth-order valence-corrected chi connectivity index (χ4v) is 2.25. The van der Waals surface area contributed by atoms with Crippen LogP contribution in [0.3, 0.4) is 0 Å². The molecule has 0 fully saturated rings. The minimum absolute atomic E-state index is 0.0487. The van der Waals surface area contributed by atoms with Crippen LogP contribution in [0, 0.1) is 11.6 Å². The van der Waals surface area contributed by atoms with Crippen molar-refractivity contribution >= 4 is 5.91 Å². The summed E-state index contributed by atoms with van der Waals surface area (Å²) in [7, 11) is 2.93. The number of hydrogen-bond acceptors (Lipinski definition) is 3. The molecule has 0 saturated heterocycles. The maximum Gasteiger partial charge on any atom is 0.269 e. The lowest BCUT2D eigenvalue weighted by Crippen LogP contribution is -2.25. The zero-order valence-electron chi connectivity index (χ0n) is 13.3. The summed E-state index contributed by atoms with van der Waals surface area (Å²) in [6.45, 7) is 1.90. The van der Waals surface area contributed by atoms with Gasteiger partial charge in [-0.3, -0.25) is 9.48 Å². The molecule has 0 aliphatic heterocycles. The Bertz CT molecular complexity index is 714. The molecule has 1 aromatic heterocycles. The second-order valence-electron chi connectivity index (χ2n) is 5.13. The van der Waals surface area contributed by atoms with E-state index in [4.69, 9.17) is 4.74 Å². The van der Waals surface area contributed by atoms with Crippen molar-refractivity contribution in [2.24, 2.45) is 7.05 Å². The molecular formula is C16H19F2N3O2. The average molecular weight is 323 g/mol. The highest BCUT2D eigenvalue weighted by Crippen LogP contribution is 2.22. The standard InChI is InChI=1S/C16H19F2N3O2/c1-4-5-11-8-12(21(2)20-11)16(22)19-9-10-6-7-13(23-3)15(18)14(10)17/h6-8H,4-5,9H2,1-3H3,(H,19,22). The van der Waals surface area contributed by atoms with Crippen LogP contribution in [0.25, 0.3) is 0 Å². The van der Waals surface area contributed by atoms with Gasteiger partial charge in [0, 0.05) is 19.2 Å². The molecule has 0 unspecified atom stereocenters. The third-order valence-corrected chi connectivity index (χ3v) is 3.46. The molecule has 2 rings (SSSR count). The number of methoxy groups -OCH3 is 1. The number of aryl methyl sites for hydroxylation is 2. The SMILES string of the molecule is CCCc1cc(C(=O)NCc2ccc(OC)c(F)c2F)n(C)n1. The zero-order chi connectivity index (χ0) is 17.0. The minimum atomic E-state index is -1.06. The molecule has 124 valence electrons. The smallest absolute Gasteiger partial charge is 0.269 e. The van der Waals surface area contributed by atoms with Gasteiger partial charge in [-0.05, 0) is 18.6 Å². The number of carbonyl (C=O) groups excluding carboxylic acids is 1. The molecule has 7 heteroatoms. The molecule has 0 bridgehead atoms. The van der Waals surface area contributed by atoms with Gasteiger partial charge < -0.3 is 10.1 Å². The van der Waals surface area contributed by atoms with E-state index in [1.807, 2.05) is 6.92 Å². The van der Waals surface area contributed by atoms with Gasteiger partial charge in [-0.25, -0.2) is 4.39 Å². The van der Waals surface area contributed by atoms with Crippen molar-refractivity contribution in [3.63, 3.8) is 0 Å². The van der Waals surface area contributed by atoms with Crippen molar-refractivity contribution < 1.29 is 18.3 Å². The lowest BCUT2D eigenvalue weighted by molar-refractivity contribution is 0.0941. The van der Waals surface area contributed by atoms with Crippen molar-refractivity contribution in [2.45, 2.75) is 26.3 Å². The van der Waals surface area contributed by atoms with Gasteiger partial charge in [-0.1, -0.05) is 19.4 Å². The van der Waals surface area contributed by atoms with Gasteiger partial charge >= 0.3 is 0 Å². The van der Waals surface area contributed by atoms with Gasteiger partial charge in [0.05, 0.1) is 12.8 Å². The van der Waals surface area contributed by atoms with Crippen LogP contribution in [0.5, 0.6) is 5.75 Å². The van der Waals surface area contributed by atoms with Gasteiger partial charge in [0.2, 0.25) is 5.82 Å². The molecule has 0 saturated carbocycles. The van der Waals surface area contributed by atoms with Crippen LogP contribution in [0.15, 0.2) is 18.2 Å². The number of aromatic nitrogens is 2. The monoisotopic (exact) mass is 323 g/mol. The molecule has 1 aromatic carbocycles. The molecule has 0 atom stereocenters. The summed E-state index contributed by atoms with van der Waals surface area (Å²) in [6.07, 6.45) is 1.70. The summed E-state index contributed by atoms with van der Waals surface area (Å²) >= 11 is 0. The van der Waals surface area contributed by atoms with E-state index >= 15 is 0 Å². The third-order valence-electron chi connectivity index (χ3n) is 3.46. The Morgan fingerprint density at radius 1 is 1.35 bits per heavy atom. The van der Waals surface area contributed by atoms with Crippen molar-refractivity contribution in [3.05, 3.63) is 46.8 Å². The zero-order valence-corrected chi connectivity index (χ0v) is 13.3. The molecule has 0 aliphatic rings. The van der Waals surface area contributed by atoms with Gasteiger partial charge in [-0.2, -0.15) is 9.49 Å². The summed E-state index contributed by atoms with van der Waals surface area (Å²) < 4.78 is 33.7. The molecule has 1 amide bonds. The minimum Gasteiger partial charge on any atom is -0.494 e. The van der Waals surface area contributed by atoms with Crippen molar-refractivity contribution in [2.75, 3.05) is 7.11 Å². The van der Waals surface area contributed by atoms with Crippen molar-refractivity contribution in [1.29, 1.82) is 0 Å². The number of amides is 1. The number of ether oxygens (including phenoxy) is 1. The summed E-state index contributed by atoms with van der Waals surface area (Å²) in [5.41, 5.74) is 1.25. The highest BCUT2D eigenvalue weighted by atomic mass is 19.2. The Morgan fingerprint density at radius 3 is 2.74 bits per heavy atom. The first kappa shape index (κ1) is 16.9. The van der Waals surface area contributed by atoms with E-state index in [-0.39, 0.29) is 17.9 Å². The van der Waals surface area contributed by atoms with E-state index in [0.29, 0.717) is 5.69 Å². The largest absolute Gasteiger partial charge is 0.494 e.